The third kappa shape index (κ3) is 5.65. The van der Waals surface area contributed by atoms with Gasteiger partial charge in [-0.25, -0.2) is 4.39 Å². The van der Waals surface area contributed by atoms with Gasteiger partial charge >= 0.3 is 0 Å². The molecule has 1 saturated heterocycles. The molecule has 30 heavy (non-hydrogen) atoms. The Hall–Kier alpha value is -3.22. The highest BCUT2D eigenvalue weighted by molar-refractivity contribution is 5.89. The number of carbonyl (C=O) groups excluding carboxylic acids is 3. The van der Waals surface area contributed by atoms with E-state index in [4.69, 9.17) is 0 Å². The quantitative estimate of drug-likeness (QED) is 0.654. The van der Waals surface area contributed by atoms with Gasteiger partial charge in [0, 0.05) is 26.1 Å². The number of nitrogens with zero attached hydrogens (tertiary/aromatic N) is 1. The first-order valence-electron chi connectivity index (χ1n) is 10.1. The average molecular weight is 411 g/mol. The Morgan fingerprint density at radius 3 is 2.57 bits per heavy atom. The fraction of sp³-hybridized carbons (Fsp3) is 0.348. The summed E-state index contributed by atoms with van der Waals surface area (Å²) in [4.78, 5) is 38.5. The maximum absolute atomic E-state index is 13.2. The summed E-state index contributed by atoms with van der Waals surface area (Å²) in [5.41, 5.74) is 1.63. The summed E-state index contributed by atoms with van der Waals surface area (Å²) in [5.74, 6) is -1.24. The summed E-state index contributed by atoms with van der Waals surface area (Å²) in [6, 6.07) is 15.5. The van der Waals surface area contributed by atoms with Crippen molar-refractivity contribution in [3.63, 3.8) is 0 Å². The molecule has 1 fully saturated rings. The number of halogens is 1. The number of carbonyl (C=O) groups is 3. The second kappa shape index (κ2) is 10.0. The highest BCUT2D eigenvalue weighted by atomic mass is 19.1. The van der Waals surface area contributed by atoms with E-state index in [1.807, 2.05) is 37.3 Å². The maximum Gasteiger partial charge on any atom is 0.225 e. The van der Waals surface area contributed by atoms with Gasteiger partial charge in [-0.05, 0) is 30.2 Å². The van der Waals surface area contributed by atoms with Crippen LogP contribution >= 0.6 is 0 Å². The number of amides is 3. The summed E-state index contributed by atoms with van der Waals surface area (Å²) >= 11 is 0. The zero-order valence-corrected chi connectivity index (χ0v) is 16.9. The molecule has 0 aromatic heterocycles. The Morgan fingerprint density at radius 2 is 1.83 bits per heavy atom. The summed E-state index contributed by atoms with van der Waals surface area (Å²) < 4.78 is 13.2. The van der Waals surface area contributed by atoms with Crippen LogP contribution in [0.5, 0.6) is 0 Å². The van der Waals surface area contributed by atoms with E-state index >= 15 is 0 Å². The highest BCUT2D eigenvalue weighted by Crippen LogP contribution is 2.28. The van der Waals surface area contributed by atoms with Gasteiger partial charge in [0.15, 0.2) is 0 Å². The van der Waals surface area contributed by atoms with Crippen molar-refractivity contribution in [2.45, 2.75) is 25.8 Å². The Kier molecular flexibility index (Phi) is 7.17. The van der Waals surface area contributed by atoms with E-state index in [-0.39, 0.29) is 55.5 Å². The van der Waals surface area contributed by atoms with Crippen LogP contribution in [0.2, 0.25) is 0 Å². The van der Waals surface area contributed by atoms with Crippen molar-refractivity contribution in [3.8, 4) is 0 Å². The fourth-order valence-electron chi connectivity index (χ4n) is 3.62. The van der Waals surface area contributed by atoms with Gasteiger partial charge in [0.25, 0.3) is 0 Å². The highest BCUT2D eigenvalue weighted by Gasteiger charge is 2.36. The zero-order valence-electron chi connectivity index (χ0n) is 16.9. The van der Waals surface area contributed by atoms with E-state index in [0.29, 0.717) is 12.1 Å². The van der Waals surface area contributed by atoms with Gasteiger partial charge in [-0.3, -0.25) is 14.4 Å². The van der Waals surface area contributed by atoms with Gasteiger partial charge in [0.2, 0.25) is 17.7 Å². The first-order chi connectivity index (χ1) is 14.4. The van der Waals surface area contributed by atoms with Gasteiger partial charge < -0.3 is 15.5 Å². The molecule has 2 aromatic carbocycles. The molecular weight excluding hydrogens is 385 g/mol. The summed E-state index contributed by atoms with van der Waals surface area (Å²) in [6.45, 7) is 2.88. The first-order valence-corrected chi connectivity index (χ1v) is 10.1. The van der Waals surface area contributed by atoms with Gasteiger partial charge in [-0.2, -0.15) is 0 Å². The lowest BCUT2D eigenvalue weighted by Crippen LogP contribution is -2.39. The molecule has 0 radical (unpaired) electrons. The van der Waals surface area contributed by atoms with Gasteiger partial charge in [-0.1, -0.05) is 42.5 Å². The molecule has 0 saturated carbocycles. The lowest BCUT2D eigenvalue weighted by Gasteiger charge is -2.25. The smallest absolute Gasteiger partial charge is 0.225 e. The third-order valence-corrected chi connectivity index (χ3v) is 5.28. The van der Waals surface area contributed by atoms with E-state index < -0.39 is 5.92 Å². The number of nitrogens with one attached hydrogen (secondary N) is 2. The van der Waals surface area contributed by atoms with Crippen LogP contribution in [0.3, 0.4) is 0 Å². The molecule has 0 spiro atoms. The normalized spacial score (nSPS) is 16.9. The predicted molar refractivity (Wildman–Crippen MR) is 111 cm³/mol. The van der Waals surface area contributed by atoms with Crippen molar-refractivity contribution in [3.05, 3.63) is 71.5 Å². The molecule has 1 heterocycles. The molecule has 3 rings (SSSR count). The van der Waals surface area contributed by atoms with Crippen LogP contribution < -0.4 is 10.6 Å². The maximum atomic E-state index is 13.2. The second-order valence-corrected chi connectivity index (χ2v) is 7.48. The molecule has 0 aliphatic carbocycles. The monoisotopic (exact) mass is 411 g/mol. The lowest BCUT2D eigenvalue weighted by atomic mass is 10.1. The minimum atomic E-state index is -0.397. The van der Waals surface area contributed by atoms with Crippen molar-refractivity contribution < 1.29 is 18.8 Å². The van der Waals surface area contributed by atoms with Crippen LogP contribution in [0, 0.1) is 11.7 Å². The summed E-state index contributed by atoms with van der Waals surface area (Å²) in [5, 5.41) is 5.48. The molecular formula is C23H26FN3O3. The van der Waals surface area contributed by atoms with Gasteiger partial charge in [0.1, 0.15) is 5.82 Å². The van der Waals surface area contributed by atoms with Crippen LogP contribution in [-0.4, -0.2) is 42.3 Å². The summed E-state index contributed by atoms with van der Waals surface area (Å²) in [6.07, 6.45) is 0.268. The zero-order chi connectivity index (χ0) is 21.5. The Morgan fingerprint density at radius 1 is 1.10 bits per heavy atom. The standard InChI is InChI=1S/C23H26FN3O3/c1-16(18-7-3-2-4-8-18)27-15-19(14-22(27)29)23(30)26-11-10-25-21(28)13-17-6-5-9-20(24)12-17/h2-9,12,16,19H,10-11,13-15H2,1H3,(H,25,28)(H,26,30). The minimum absolute atomic E-state index is 0.0325. The molecule has 2 aromatic rings. The number of hydrogen-bond donors (Lipinski definition) is 2. The minimum Gasteiger partial charge on any atom is -0.354 e. The van der Waals surface area contributed by atoms with Crippen molar-refractivity contribution in [2.24, 2.45) is 5.92 Å². The SMILES string of the molecule is CC(c1ccccc1)N1CC(C(=O)NCCNC(=O)Cc2cccc(F)c2)CC1=O. The van der Waals surface area contributed by atoms with E-state index in [2.05, 4.69) is 10.6 Å². The van der Waals surface area contributed by atoms with Crippen molar-refractivity contribution >= 4 is 17.7 Å². The lowest BCUT2D eigenvalue weighted by molar-refractivity contribution is -0.130. The average Bonchev–Trinajstić information content (AvgIpc) is 3.13. The van der Waals surface area contributed by atoms with E-state index in [1.54, 1.807) is 17.0 Å². The molecule has 7 heteroatoms. The number of benzene rings is 2. The molecule has 158 valence electrons. The number of hydrogen-bond acceptors (Lipinski definition) is 3. The second-order valence-electron chi connectivity index (χ2n) is 7.48. The van der Waals surface area contributed by atoms with Crippen LogP contribution in [0.15, 0.2) is 54.6 Å². The number of rotatable bonds is 8. The van der Waals surface area contributed by atoms with Crippen LogP contribution in [-0.2, 0) is 20.8 Å². The summed E-state index contributed by atoms with van der Waals surface area (Å²) in [7, 11) is 0. The van der Waals surface area contributed by atoms with Crippen molar-refractivity contribution in [1.82, 2.24) is 15.5 Å². The Balaban J connectivity index is 1.40. The third-order valence-electron chi connectivity index (χ3n) is 5.28. The molecule has 6 nitrogen and oxygen atoms in total. The number of likely N-dealkylation sites (tertiary alicyclic amines) is 1. The Bertz CT molecular complexity index is 904. The molecule has 1 aliphatic rings. The predicted octanol–water partition coefficient (Wildman–Crippen LogP) is 2.21. The molecule has 2 atom stereocenters. The van der Waals surface area contributed by atoms with E-state index in [9.17, 15) is 18.8 Å². The van der Waals surface area contributed by atoms with Crippen molar-refractivity contribution in [2.75, 3.05) is 19.6 Å². The van der Waals surface area contributed by atoms with Crippen LogP contribution in [0.1, 0.15) is 30.5 Å². The van der Waals surface area contributed by atoms with Crippen LogP contribution in [0.4, 0.5) is 4.39 Å². The van der Waals surface area contributed by atoms with Crippen molar-refractivity contribution in [1.29, 1.82) is 0 Å². The molecule has 0 bridgehead atoms. The van der Waals surface area contributed by atoms with Gasteiger partial charge in [-0.15, -0.1) is 0 Å². The van der Waals surface area contributed by atoms with Crippen LogP contribution in [0.25, 0.3) is 0 Å². The fourth-order valence-corrected chi connectivity index (χ4v) is 3.62. The van der Waals surface area contributed by atoms with E-state index in [0.717, 1.165) is 5.56 Å². The Labute approximate surface area is 175 Å². The topological polar surface area (TPSA) is 78.5 Å². The largest absolute Gasteiger partial charge is 0.354 e. The van der Waals surface area contributed by atoms with Gasteiger partial charge in [0.05, 0.1) is 18.4 Å². The first kappa shape index (κ1) is 21.5. The molecule has 3 amide bonds. The molecule has 2 unspecified atom stereocenters. The molecule has 2 N–H and O–H groups in total. The molecule has 1 aliphatic heterocycles. The van der Waals surface area contributed by atoms with E-state index in [1.165, 1.54) is 12.1 Å².